The number of carboxylic acids is 1. The van der Waals surface area contributed by atoms with Crippen molar-refractivity contribution in [3.8, 4) is 0 Å². The summed E-state index contributed by atoms with van der Waals surface area (Å²) >= 11 is 0. The van der Waals surface area contributed by atoms with E-state index in [1.165, 1.54) is 0 Å². The van der Waals surface area contributed by atoms with Crippen LogP contribution in [-0.2, 0) is 17.3 Å². The van der Waals surface area contributed by atoms with Crippen molar-refractivity contribution in [2.45, 2.75) is 33.2 Å². The Labute approximate surface area is 126 Å². The third kappa shape index (κ3) is 3.15. The van der Waals surface area contributed by atoms with Gasteiger partial charge in [-0.3, -0.25) is 4.21 Å². The molecule has 0 spiro atoms. The normalized spacial score (nSPS) is 13.0. The summed E-state index contributed by atoms with van der Waals surface area (Å²) in [6.45, 7) is 6.45. The predicted octanol–water partition coefficient (Wildman–Crippen LogP) is 2.63. The van der Waals surface area contributed by atoms with Gasteiger partial charge in [-0.15, -0.1) is 0 Å². The smallest absolute Gasteiger partial charge is 0.337 e. The molecule has 0 aliphatic rings. The number of benzene rings is 1. The lowest BCUT2D eigenvalue weighted by atomic mass is 10.2. The first-order chi connectivity index (χ1) is 9.95. The molecule has 1 N–H and O–H groups in total. The number of hydrogen-bond acceptors (Lipinski definition) is 3. The van der Waals surface area contributed by atoms with Crippen LogP contribution in [0, 0.1) is 0 Å². The fourth-order valence-corrected chi connectivity index (χ4v) is 3.06. The van der Waals surface area contributed by atoms with E-state index in [2.05, 4.69) is 4.98 Å². The van der Waals surface area contributed by atoms with Crippen molar-refractivity contribution in [2.24, 2.45) is 0 Å². The average molecular weight is 308 g/mol. The highest BCUT2D eigenvalue weighted by Gasteiger charge is 2.19. The van der Waals surface area contributed by atoms with E-state index in [0.717, 1.165) is 5.82 Å². The lowest BCUT2D eigenvalue weighted by Gasteiger charge is -2.12. The van der Waals surface area contributed by atoms with Gasteiger partial charge in [-0.05, 0) is 12.1 Å². The summed E-state index contributed by atoms with van der Waals surface area (Å²) in [7, 11) is -0.889. The molecule has 0 saturated carbocycles. The molecule has 1 aromatic heterocycles. The molecule has 2 rings (SSSR count). The molecule has 0 amide bonds. The Bertz CT molecular complexity index is 692. The lowest BCUT2D eigenvalue weighted by molar-refractivity contribution is 0.0698. The number of carboxylic acid groups (broad SMARTS) is 1. The van der Waals surface area contributed by atoms with Gasteiger partial charge in [0, 0.05) is 34.8 Å². The van der Waals surface area contributed by atoms with E-state index in [4.69, 9.17) is 0 Å². The Kier molecular flexibility index (Phi) is 4.77. The van der Waals surface area contributed by atoms with E-state index in [1.807, 2.05) is 31.4 Å². The summed E-state index contributed by atoms with van der Waals surface area (Å²) in [5.74, 6) is 1.17. The van der Waals surface area contributed by atoms with Crippen LogP contribution in [0.2, 0.25) is 0 Å². The Hall–Kier alpha value is -1.69. The Morgan fingerprint density at radius 2 is 2.14 bits per heavy atom. The molecule has 1 aromatic carbocycles. The maximum atomic E-state index is 11.7. The molecule has 0 radical (unpaired) electrons. The number of hydrogen-bond donors (Lipinski definition) is 1. The van der Waals surface area contributed by atoms with Gasteiger partial charge >= 0.3 is 5.97 Å². The van der Waals surface area contributed by atoms with Crippen LogP contribution in [0.3, 0.4) is 0 Å². The van der Waals surface area contributed by atoms with Gasteiger partial charge in [0.05, 0.1) is 16.6 Å². The fourth-order valence-electron chi connectivity index (χ4n) is 2.38. The van der Waals surface area contributed by atoms with Gasteiger partial charge in [-0.2, -0.15) is 0 Å². The highest BCUT2D eigenvalue weighted by molar-refractivity contribution is 7.84. The molecule has 0 aliphatic carbocycles. The van der Waals surface area contributed by atoms with Crippen LogP contribution in [-0.4, -0.2) is 36.3 Å². The first-order valence-electron chi connectivity index (χ1n) is 7.03. The van der Waals surface area contributed by atoms with Crippen LogP contribution >= 0.6 is 0 Å². The molecule has 6 heteroatoms. The van der Waals surface area contributed by atoms with Gasteiger partial charge in [-0.25, -0.2) is 9.78 Å². The van der Waals surface area contributed by atoms with Crippen LogP contribution in [0.4, 0.5) is 0 Å². The number of rotatable bonds is 6. The second-order valence-electron chi connectivity index (χ2n) is 5.19. The molecular weight excluding hydrogens is 288 g/mol. The summed E-state index contributed by atoms with van der Waals surface area (Å²) in [6.07, 6.45) is 0. The summed E-state index contributed by atoms with van der Waals surface area (Å²) in [6, 6.07) is 5.11. The minimum Gasteiger partial charge on any atom is -0.478 e. The van der Waals surface area contributed by atoms with Gasteiger partial charge in [0.1, 0.15) is 5.82 Å². The molecule has 5 nitrogen and oxygen atoms in total. The van der Waals surface area contributed by atoms with E-state index >= 15 is 0 Å². The van der Waals surface area contributed by atoms with Crippen molar-refractivity contribution in [2.75, 3.05) is 11.5 Å². The number of carbonyl (C=O) groups is 1. The zero-order valence-electron chi connectivity index (χ0n) is 12.5. The number of nitrogens with zero attached hydrogens (tertiary/aromatic N) is 2. The topological polar surface area (TPSA) is 72.2 Å². The van der Waals surface area contributed by atoms with E-state index in [9.17, 15) is 14.1 Å². The molecule has 0 fully saturated rings. The molecule has 1 atom stereocenters. The molecular formula is C15H20N2O3S. The van der Waals surface area contributed by atoms with Crippen LogP contribution in [0.5, 0.6) is 0 Å². The Morgan fingerprint density at radius 3 is 2.71 bits per heavy atom. The molecule has 2 aromatic rings. The van der Waals surface area contributed by atoms with Gasteiger partial charge in [0.2, 0.25) is 0 Å². The van der Waals surface area contributed by atoms with E-state index < -0.39 is 16.8 Å². The molecule has 0 bridgehead atoms. The number of para-hydroxylation sites is 1. The monoisotopic (exact) mass is 308 g/mol. The maximum absolute atomic E-state index is 11.7. The van der Waals surface area contributed by atoms with Gasteiger partial charge in [0.15, 0.2) is 0 Å². The molecule has 1 heterocycles. The molecule has 21 heavy (non-hydrogen) atoms. The van der Waals surface area contributed by atoms with Crippen molar-refractivity contribution in [3.63, 3.8) is 0 Å². The molecule has 0 aliphatic heterocycles. The van der Waals surface area contributed by atoms with E-state index in [0.29, 0.717) is 29.1 Å². The summed E-state index contributed by atoms with van der Waals surface area (Å²) in [4.78, 5) is 16.0. The average Bonchev–Trinajstić information content (AvgIpc) is 2.83. The molecule has 0 saturated heterocycles. The fraction of sp³-hybridized carbons (Fsp3) is 0.467. The number of aromatic carboxylic acids is 1. The van der Waals surface area contributed by atoms with Crippen molar-refractivity contribution in [3.05, 3.63) is 29.6 Å². The predicted molar refractivity (Wildman–Crippen MR) is 84.3 cm³/mol. The molecule has 1 unspecified atom stereocenters. The van der Waals surface area contributed by atoms with Crippen LogP contribution < -0.4 is 0 Å². The highest BCUT2D eigenvalue weighted by atomic mass is 32.2. The summed E-state index contributed by atoms with van der Waals surface area (Å²) in [5, 5.41) is 9.38. The first kappa shape index (κ1) is 15.7. The van der Waals surface area contributed by atoms with Crippen LogP contribution in [0.15, 0.2) is 18.2 Å². The van der Waals surface area contributed by atoms with Crippen molar-refractivity contribution < 1.29 is 14.1 Å². The molecule has 114 valence electrons. The van der Waals surface area contributed by atoms with E-state index in [1.54, 1.807) is 12.1 Å². The van der Waals surface area contributed by atoms with Crippen molar-refractivity contribution in [1.82, 2.24) is 9.55 Å². The highest BCUT2D eigenvalue weighted by Crippen LogP contribution is 2.25. The van der Waals surface area contributed by atoms with E-state index in [-0.39, 0.29) is 11.5 Å². The number of aromatic nitrogens is 2. The standard InChI is InChI=1S/C15H20N2O3S/c1-4-21(20)9-8-17-13-11(15(18)19)6-5-7-12(13)16-14(17)10(2)3/h5-7,10H,4,8-9H2,1-3H3,(H,18,19). The third-order valence-electron chi connectivity index (χ3n) is 3.41. The Morgan fingerprint density at radius 1 is 1.43 bits per heavy atom. The summed E-state index contributed by atoms with van der Waals surface area (Å²) < 4.78 is 13.6. The van der Waals surface area contributed by atoms with Crippen LogP contribution in [0.1, 0.15) is 42.9 Å². The zero-order chi connectivity index (χ0) is 15.6. The number of aryl methyl sites for hydroxylation is 1. The minimum atomic E-state index is -0.964. The van der Waals surface area contributed by atoms with Crippen molar-refractivity contribution >= 4 is 27.8 Å². The Balaban J connectivity index is 2.59. The largest absolute Gasteiger partial charge is 0.478 e. The minimum absolute atomic E-state index is 0.175. The quantitative estimate of drug-likeness (QED) is 0.890. The third-order valence-corrected chi connectivity index (χ3v) is 4.69. The summed E-state index contributed by atoms with van der Waals surface area (Å²) in [5.41, 5.74) is 1.55. The van der Waals surface area contributed by atoms with Gasteiger partial charge in [-0.1, -0.05) is 26.8 Å². The number of imidazole rings is 1. The maximum Gasteiger partial charge on any atom is 0.337 e. The zero-order valence-corrected chi connectivity index (χ0v) is 13.3. The van der Waals surface area contributed by atoms with Gasteiger partial charge in [0.25, 0.3) is 0 Å². The van der Waals surface area contributed by atoms with Crippen LogP contribution in [0.25, 0.3) is 11.0 Å². The second kappa shape index (κ2) is 6.39. The number of fused-ring (bicyclic) bond motifs is 1. The first-order valence-corrected chi connectivity index (χ1v) is 8.51. The second-order valence-corrected chi connectivity index (χ2v) is 7.05. The van der Waals surface area contributed by atoms with Gasteiger partial charge < -0.3 is 9.67 Å². The SMILES string of the molecule is CCS(=O)CCn1c(C(C)C)nc2cccc(C(=O)O)c21. The van der Waals surface area contributed by atoms with Crippen molar-refractivity contribution in [1.29, 1.82) is 0 Å². The lowest BCUT2D eigenvalue weighted by Crippen LogP contribution is -2.14.